The SMILES string of the molecule is CCOCC(=O)Nc1cccc(CN2CCCC2)c1. The molecule has 1 aromatic carbocycles. The molecular weight excluding hydrogens is 240 g/mol. The standard InChI is InChI=1S/C15H22N2O2/c1-2-19-12-15(18)16-14-7-5-6-13(10-14)11-17-8-3-4-9-17/h5-7,10H,2-4,8-9,11-12H2,1H3,(H,16,18). The minimum atomic E-state index is -0.0971. The first-order chi connectivity index (χ1) is 9.28. The molecule has 2 rings (SSSR count). The molecule has 0 spiro atoms. The molecule has 1 aliphatic heterocycles. The zero-order valence-corrected chi connectivity index (χ0v) is 11.5. The predicted octanol–water partition coefficient (Wildman–Crippen LogP) is 2.26. The molecule has 1 saturated heterocycles. The fourth-order valence-corrected chi connectivity index (χ4v) is 2.34. The molecule has 1 N–H and O–H groups in total. The van der Waals surface area contributed by atoms with Crippen molar-refractivity contribution < 1.29 is 9.53 Å². The monoisotopic (exact) mass is 262 g/mol. The summed E-state index contributed by atoms with van der Waals surface area (Å²) in [5.41, 5.74) is 2.09. The van der Waals surface area contributed by atoms with Gasteiger partial charge in [0.1, 0.15) is 6.61 Å². The van der Waals surface area contributed by atoms with Gasteiger partial charge in [0.25, 0.3) is 0 Å². The van der Waals surface area contributed by atoms with Crippen LogP contribution in [-0.2, 0) is 16.1 Å². The van der Waals surface area contributed by atoms with Gasteiger partial charge in [-0.15, -0.1) is 0 Å². The van der Waals surface area contributed by atoms with Crippen LogP contribution in [0.3, 0.4) is 0 Å². The van der Waals surface area contributed by atoms with Crippen LogP contribution in [0.15, 0.2) is 24.3 Å². The highest BCUT2D eigenvalue weighted by Gasteiger charge is 2.12. The Morgan fingerprint density at radius 3 is 2.89 bits per heavy atom. The van der Waals surface area contributed by atoms with E-state index in [0.29, 0.717) is 6.61 Å². The molecule has 1 aliphatic rings. The number of benzene rings is 1. The maximum Gasteiger partial charge on any atom is 0.250 e. The first-order valence-corrected chi connectivity index (χ1v) is 6.97. The number of hydrogen-bond donors (Lipinski definition) is 1. The summed E-state index contributed by atoms with van der Waals surface area (Å²) in [4.78, 5) is 14.0. The lowest BCUT2D eigenvalue weighted by atomic mass is 10.2. The molecule has 0 atom stereocenters. The van der Waals surface area contributed by atoms with E-state index in [1.54, 1.807) is 0 Å². The van der Waals surface area contributed by atoms with Crippen LogP contribution in [-0.4, -0.2) is 37.1 Å². The van der Waals surface area contributed by atoms with Crippen LogP contribution in [0.5, 0.6) is 0 Å². The molecule has 0 radical (unpaired) electrons. The highest BCUT2D eigenvalue weighted by atomic mass is 16.5. The molecule has 1 fully saturated rings. The van der Waals surface area contributed by atoms with Gasteiger partial charge in [-0.25, -0.2) is 0 Å². The van der Waals surface area contributed by atoms with Crippen LogP contribution in [0, 0.1) is 0 Å². The number of nitrogens with zero attached hydrogens (tertiary/aromatic N) is 1. The zero-order chi connectivity index (χ0) is 13.5. The van der Waals surface area contributed by atoms with Crippen molar-refractivity contribution in [3.63, 3.8) is 0 Å². The second-order valence-electron chi connectivity index (χ2n) is 4.87. The van der Waals surface area contributed by atoms with Crippen LogP contribution in [0.2, 0.25) is 0 Å². The largest absolute Gasteiger partial charge is 0.372 e. The maximum absolute atomic E-state index is 11.6. The first-order valence-electron chi connectivity index (χ1n) is 6.97. The number of hydrogen-bond acceptors (Lipinski definition) is 3. The topological polar surface area (TPSA) is 41.6 Å². The number of carbonyl (C=O) groups excluding carboxylic acids is 1. The van der Waals surface area contributed by atoms with E-state index in [0.717, 1.165) is 12.2 Å². The van der Waals surface area contributed by atoms with E-state index in [4.69, 9.17) is 4.74 Å². The summed E-state index contributed by atoms with van der Waals surface area (Å²) in [5.74, 6) is -0.0971. The van der Waals surface area contributed by atoms with E-state index in [9.17, 15) is 4.79 Å². The Bertz CT molecular complexity index is 414. The Balaban J connectivity index is 1.88. The van der Waals surface area contributed by atoms with Crippen molar-refractivity contribution in [2.75, 3.05) is 31.6 Å². The fourth-order valence-electron chi connectivity index (χ4n) is 2.34. The van der Waals surface area contributed by atoms with E-state index in [1.807, 2.05) is 25.1 Å². The summed E-state index contributed by atoms with van der Waals surface area (Å²) < 4.78 is 5.09. The molecule has 0 aromatic heterocycles. The molecule has 19 heavy (non-hydrogen) atoms. The number of anilines is 1. The number of rotatable bonds is 6. The highest BCUT2D eigenvalue weighted by molar-refractivity contribution is 5.91. The van der Waals surface area contributed by atoms with Gasteiger partial charge in [0, 0.05) is 18.8 Å². The van der Waals surface area contributed by atoms with E-state index < -0.39 is 0 Å². The summed E-state index contributed by atoms with van der Waals surface area (Å²) in [6.45, 7) is 5.89. The van der Waals surface area contributed by atoms with Gasteiger partial charge in [-0.1, -0.05) is 12.1 Å². The van der Waals surface area contributed by atoms with E-state index in [-0.39, 0.29) is 12.5 Å². The van der Waals surface area contributed by atoms with Crippen molar-refractivity contribution in [3.8, 4) is 0 Å². The van der Waals surface area contributed by atoms with Crippen LogP contribution in [0.4, 0.5) is 5.69 Å². The summed E-state index contributed by atoms with van der Waals surface area (Å²) in [7, 11) is 0. The lowest BCUT2D eigenvalue weighted by Gasteiger charge is -2.15. The summed E-state index contributed by atoms with van der Waals surface area (Å²) >= 11 is 0. The Hall–Kier alpha value is -1.39. The minimum Gasteiger partial charge on any atom is -0.372 e. The smallest absolute Gasteiger partial charge is 0.250 e. The van der Waals surface area contributed by atoms with E-state index >= 15 is 0 Å². The first kappa shape index (κ1) is 14.0. The molecule has 0 saturated carbocycles. The average Bonchev–Trinajstić information content (AvgIpc) is 2.89. The lowest BCUT2D eigenvalue weighted by molar-refractivity contribution is -0.120. The third-order valence-corrected chi connectivity index (χ3v) is 3.25. The third kappa shape index (κ3) is 4.65. The van der Waals surface area contributed by atoms with E-state index in [2.05, 4.69) is 16.3 Å². The Kier molecular flexibility index (Phi) is 5.36. The van der Waals surface area contributed by atoms with Gasteiger partial charge in [0.15, 0.2) is 0 Å². The second-order valence-corrected chi connectivity index (χ2v) is 4.87. The second kappa shape index (κ2) is 7.26. The fraction of sp³-hybridized carbons (Fsp3) is 0.533. The molecular formula is C15H22N2O2. The van der Waals surface area contributed by atoms with Crippen LogP contribution in [0.1, 0.15) is 25.3 Å². The van der Waals surface area contributed by atoms with Gasteiger partial charge < -0.3 is 10.1 Å². The van der Waals surface area contributed by atoms with Crippen molar-refractivity contribution >= 4 is 11.6 Å². The molecule has 0 unspecified atom stereocenters. The molecule has 0 bridgehead atoms. The normalized spacial score (nSPS) is 15.6. The van der Waals surface area contributed by atoms with Crippen molar-refractivity contribution in [1.82, 2.24) is 4.90 Å². The average molecular weight is 262 g/mol. The predicted molar refractivity (Wildman–Crippen MR) is 76.1 cm³/mol. The van der Waals surface area contributed by atoms with Gasteiger partial charge in [-0.3, -0.25) is 9.69 Å². The number of nitrogens with one attached hydrogen (secondary N) is 1. The number of amides is 1. The maximum atomic E-state index is 11.6. The quantitative estimate of drug-likeness (QED) is 0.855. The lowest BCUT2D eigenvalue weighted by Crippen LogP contribution is -2.20. The molecule has 104 valence electrons. The van der Waals surface area contributed by atoms with Gasteiger partial charge in [-0.2, -0.15) is 0 Å². The summed E-state index contributed by atoms with van der Waals surface area (Å²) in [5, 5.41) is 2.86. The third-order valence-electron chi connectivity index (χ3n) is 3.25. The van der Waals surface area contributed by atoms with Crippen LogP contribution < -0.4 is 5.32 Å². The zero-order valence-electron chi connectivity index (χ0n) is 11.5. The Morgan fingerprint density at radius 1 is 1.37 bits per heavy atom. The van der Waals surface area contributed by atoms with Crippen LogP contribution in [0.25, 0.3) is 0 Å². The van der Waals surface area contributed by atoms with Crippen LogP contribution >= 0.6 is 0 Å². The van der Waals surface area contributed by atoms with Gasteiger partial charge in [0.2, 0.25) is 5.91 Å². The Morgan fingerprint density at radius 2 is 2.16 bits per heavy atom. The molecule has 1 amide bonds. The van der Waals surface area contributed by atoms with Gasteiger partial charge >= 0.3 is 0 Å². The number of ether oxygens (including phenoxy) is 1. The number of carbonyl (C=O) groups is 1. The molecule has 4 nitrogen and oxygen atoms in total. The summed E-state index contributed by atoms with van der Waals surface area (Å²) in [6, 6.07) is 8.05. The molecule has 4 heteroatoms. The molecule has 1 aromatic rings. The van der Waals surface area contributed by atoms with E-state index in [1.165, 1.54) is 31.5 Å². The van der Waals surface area contributed by atoms with Crippen molar-refractivity contribution in [2.24, 2.45) is 0 Å². The van der Waals surface area contributed by atoms with Crippen molar-refractivity contribution in [2.45, 2.75) is 26.3 Å². The Labute approximate surface area is 114 Å². The molecule has 1 heterocycles. The van der Waals surface area contributed by atoms with Gasteiger partial charge in [0.05, 0.1) is 0 Å². The summed E-state index contributed by atoms with van der Waals surface area (Å²) in [6.07, 6.45) is 2.59. The van der Waals surface area contributed by atoms with Gasteiger partial charge in [-0.05, 0) is 50.6 Å². The minimum absolute atomic E-state index is 0.0971. The highest BCUT2D eigenvalue weighted by Crippen LogP contribution is 2.16. The van der Waals surface area contributed by atoms with Crippen molar-refractivity contribution in [1.29, 1.82) is 0 Å². The number of likely N-dealkylation sites (tertiary alicyclic amines) is 1. The molecule has 0 aliphatic carbocycles. The van der Waals surface area contributed by atoms with Crippen molar-refractivity contribution in [3.05, 3.63) is 29.8 Å².